The summed E-state index contributed by atoms with van der Waals surface area (Å²) in [6.07, 6.45) is 4.38. The molecule has 0 aliphatic heterocycles. The Kier molecular flexibility index (Phi) is 7.14. The van der Waals surface area contributed by atoms with Gasteiger partial charge in [0.1, 0.15) is 0 Å². The van der Waals surface area contributed by atoms with Gasteiger partial charge in [-0.25, -0.2) is 0 Å². The van der Waals surface area contributed by atoms with Crippen molar-refractivity contribution in [3.05, 3.63) is 0 Å². The predicted octanol–water partition coefficient (Wildman–Crippen LogP) is 3.09. The first kappa shape index (κ1) is 15.0. The maximum atomic E-state index is 2.60. The summed E-state index contributed by atoms with van der Waals surface area (Å²) in [5.74, 6) is 1.91. The van der Waals surface area contributed by atoms with Gasteiger partial charge >= 0.3 is 0 Å². The van der Waals surface area contributed by atoms with Crippen LogP contribution in [-0.4, -0.2) is 49.1 Å². The molecule has 0 radical (unpaired) electrons. The predicted molar refractivity (Wildman–Crippen MR) is 76.4 cm³/mol. The average Bonchev–Trinajstić information content (AvgIpc) is 2.80. The Morgan fingerprint density at radius 3 is 1.35 bits per heavy atom. The Labute approximate surface area is 108 Å². The Balaban J connectivity index is 2.42. The minimum atomic E-state index is 0.954. The largest absolute Gasteiger partial charge is 0.304 e. The molecule has 2 nitrogen and oxygen atoms in total. The summed E-state index contributed by atoms with van der Waals surface area (Å²) in [7, 11) is 0. The molecule has 0 bridgehead atoms. The highest BCUT2D eigenvalue weighted by Gasteiger charge is 2.29. The Hall–Kier alpha value is -0.0800. The van der Waals surface area contributed by atoms with Gasteiger partial charge in [-0.2, -0.15) is 0 Å². The fourth-order valence-electron chi connectivity index (χ4n) is 3.22. The zero-order chi connectivity index (χ0) is 12.7. The third-order valence-corrected chi connectivity index (χ3v) is 4.59. The lowest BCUT2D eigenvalue weighted by Crippen LogP contribution is -2.36. The number of rotatable bonds is 8. The SMILES string of the molecule is CCN(CC)C[C@@H]1CCC[C@H]1CN(CC)CC. The van der Waals surface area contributed by atoms with E-state index in [1.165, 1.54) is 58.5 Å². The van der Waals surface area contributed by atoms with Crippen molar-refractivity contribution in [2.24, 2.45) is 11.8 Å². The molecule has 0 aromatic rings. The van der Waals surface area contributed by atoms with Gasteiger partial charge < -0.3 is 9.80 Å². The van der Waals surface area contributed by atoms with Crippen molar-refractivity contribution in [2.75, 3.05) is 39.3 Å². The maximum Gasteiger partial charge on any atom is 0.00126 e. The summed E-state index contributed by atoms with van der Waals surface area (Å²) < 4.78 is 0. The van der Waals surface area contributed by atoms with Crippen LogP contribution in [-0.2, 0) is 0 Å². The van der Waals surface area contributed by atoms with Gasteiger partial charge in [0.25, 0.3) is 0 Å². The third-order valence-electron chi connectivity index (χ3n) is 4.59. The van der Waals surface area contributed by atoms with E-state index in [4.69, 9.17) is 0 Å². The lowest BCUT2D eigenvalue weighted by molar-refractivity contribution is 0.177. The monoisotopic (exact) mass is 240 g/mol. The second-order valence-corrected chi connectivity index (χ2v) is 5.42. The van der Waals surface area contributed by atoms with Crippen LogP contribution in [0.25, 0.3) is 0 Å². The highest BCUT2D eigenvalue weighted by molar-refractivity contribution is 4.82. The maximum absolute atomic E-state index is 2.60. The fraction of sp³-hybridized carbons (Fsp3) is 1.00. The summed E-state index contributed by atoms with van der Waals surface area (Å²) in [6.45, 7) is 16.7. The highest BCUT2D eigenvalue weighted by Crippen LogP contribution is 2.32. The Morgan fingerprint density at radius 2 is 1.06 bits per heavy atom. The van der Waals surface area contributed by atoms with Crippen molar-refractivity contribution in [1.82, 2.24) is 9.80 Å². The second-order valence-electron chi connectivity index (χ2n) is 5.42. The average molecular weight is 240 g/mol. The summed E-state index contributed by atoms with van der Waals surface area (Å²) >= 11 is 0. The van der Waals surface area contributed by atoms with Gasteiger partial charge in [-0.3, -0.25) is 0 Å². The number of hydrogen-bond acceptors (Lipinski definition) is 2. The summed E-state index contributed by atoms with van der Waals surface area (Å²) in [5, 5.41) is 0. The van der Waals surface area contributed by atoms with Gasteiger partial charge in [0.15, 0.2) is 0 Å². The van der Waals surface area contributed by atoms with Crippen LogP contribution in [0.4, 0.5) is 0 Å². The quantitative estimate of drug-likeness (QED) is 0.643. The molecule has 1 aliphatic carbocycles. The highest BCUT2D eigenvalue weighted by atomic mass is 15.1. The molecule has 0 aromatic carbocycles. The number of nitrogens with zero attached hydrogens (tertiary/aromatic N) is 2. The molecular weight excluding hydrogens is 208 g/mol. The minimum Gasteiger partial charge on any atom is -0.304 e. The summed E-state index contributed by atoms with van der Waals surface area (Å²) in [4.78, 5) is 5.20. The van der Waals surface area contributed by atoms with Crippen LogP contribution in [0.15, 0.2) is 0 Å². The molecule has 1 aliphatic rings. The van der Waals surface area contributed by atoms with E-state index in [0.717, 1.165) is 11.8 Å². The van der Waals surface area contributed by atoms with E-state index < -0.39 is 0 Å². The first-order valence-corrected chi connectivity index (χ1v) is 7.69. The third kappa shape index (κ3) is 4.59. The van der Waals surface area contributed by atoms with Crippen molar-refractivity contribution in [3.8, 4) is 0 Å². The number of hydrogen-bond donors (Lipinski definition) is 0. The standard InChI is InChI=1S/C15H32N2/c1-5-16(6-2)12-14-10-9-11-15(14)13-17(7-3)8-4/h14-15H,5-13H2,1-4H3/t14-,15-/m0/s1. The zero-order valence-corrected chi connectivity index (χ0v) is 12.4. The molecule has 0 heterocycles. The molecule has 0 amide bonds. The second kappa shape index (κ2) is 8.10. The van der Waals surface area contributed by atoms with Crippen molar-refractivity contribution in [3.63, 3.8) is 0 Å². The molecule has 1 fully saturated rings. The van der Waals surface area contributed by atoms with Crippen LogP contribution < -0.4 is 0 Å². The van der Waals surface area contributed by atoms with Crippen LogP contribution in [0.3, 0.4) is 0 Å². The van der Waals surface area contributed by atoms with Gasteiger partial charge in [-0.05, 0) is 50.9 Å². The molecule has 0 saturated heterocycles. The van der Waals surface area contributed by atoms with E-state index in [-0.39, 0.29) is 0 Å². The first-order chi connectivity index (χ1) is 8.24. The topological polar surface area (TPSA) is 6.48 Å². The van der Waals surface area contributed by atoms with Gasteiger partial charge in [0.2, 0.25) is 0 Å². The summed E-state index contributed by atoms with van der Waals surface area (Å²) in [5.41, 5.74) is 0. The van der Waals surface area contributed by atoms with Crippen LogP contribution in [0.5, 0.6) is 0 Å². The van der Waals surface area contributed by atoms with E-state index in [0.29, 0.717) is 0 Å². The van der Waals surface area contributed by atoms with Crippen molar-refractivity contribution >= 4 is 0 Å². The van der Waals surface area contributed by atoms with Crippen LogP contribution in [0.2, 0.25) is 0 Å². The molecular formula is C15H32N2. The zero-order valence-electron chi connectivity index (χ0n) is 12.4. The first-order valence-electron chi connectivity index (χ1n) is 7.69. The summed E-state index contributed by atoms with van der Waals surface area (Å²) in [6, 6.07) is 0. The molecule has 0 N–H and O–H groups in total. The lowest BCUT2D eigenvalue weighted by Gasteiger charge is -2.30. The molecule has 0 spiro atoms. The van der Waals surface area contributed by atoms with E-state index in [9.17, 15) is 0 Å². The van der Waals surface area contributed by atoms with Gasteiger partial charge in [-0.1, -0.05) is 34.1 Å². The van der Waals surface area contributed by atoms with E-state index in [1.807, 2.05) is 0 Å². The molecule has 1 saturated carbocycles. The molecule has 0 aromatic heterocycles. The van der Waals surface area contributed by atoms with Gasteiger partial charge in [-0.15, -0.1) is 0 Å². The van der Waals surface area contributed by atoms with Crippen molar-refractivity contribution in [1.29, 1.82) is 0 Å². The molecule has 0 unspecified atom stereocenters. The normalized spacial score (nSPS) is 25.1. The van der Waals surface area contributed by atoms with Gasteiger partial charge in [0.05, 0.1) is 0 Å². The van der Waals surface area contributed by atoms with E-state index in [1.54, 1.807) is 0 Å². The molecule has 102 valence electrons. The molecule has 2 heteroatoms. The smallest absolute Gasteiger partial charge is 0.00126 e. The fourth-order valence-corrected chi connectivity index (χ4v) is 3.22. The van der Waals surface area contributed by atoms with E-state index >= 15 is 0 Å². The Morgan fingerprint density at radius 1 is 0.706 bits per heavy atom. The molecule has 1 rings (SSSR count). The molecule has 17 heavy (non-hydrogen) atoms. The van der Waals surface area contributed by atoms with Crippen molar-refractivity contribution in [2.45, 2.75) is 47.0 Å². The van der Waals surface area contributed by atoms with Crippen LogP contribution >= 0.6 is 0 Å². The van der Waals surface area contributed by atoms with Crippen LogP contribution in [0, 0.1) is 11.8 Å². The van der Waals surface area contributed by atoms with E-state index in [2.05, 4.69) is 37.5 Å². The Bertz CT molecular complexity index is 165. The van der Waals surface area contributed by atoms with Crippen molar-refractivity contribution < 1.29 is 0 Å². The lowest BCUT2D eigenvalue weighted by atomic mass is 9.94. The van der Waals surface area contributed by atoms with Crippen LogP contribution in [0.1, 0.15) is 47.0 Å². The van der Waals surface area contributed by atoms with Gasteiger partial charge in [0, 0.05) is 13.1 Å². The minimum absolute atomic E-state index is 0.954. The molecule has 2 atom stereocenters.